The summed E-state index contributed by atoms with van der Waals surface area (Å²) in [5, 5.41) is 0. The summed E-state index contributed by atoms with van der Waals surface area (Å²) < 4.78 is 5.67. The minimum atomic E-state index is -0.589. The van der Waals surface area contributed by atoms with Gasteiger partial charge >= 0.3 is 0 Å². The lowest BCUT2D eigenvalue weighted by Gasteiger charge is -2.28. The fourth-order valence-corrected chi connectivity index (χ4v) is 2.38. The fraction of sp³-hybridized carbons (Fsp3) is 0.529. The molecule has 1 aromatic rings. The molecular formula is C17H25NO. The van der Waals surface area contributed by atoms with Gasteiger partial charge in [0.25, 0.3) is 0 Å². The molecule has 1 aromatic carbocycles. The first kappa shape index (κ1) is 15.8. The molecule has 1 rings (SSSR count). The summed E-state index contributed by atoms with van der Waals surface area (Å²) >= 11 is 0. The van der Waals surface area contributed by atoms with Gasteiger partial charge in [-0.3, -0.25) is 0 Å². The Morgan fingerprint density at radius 2 is 1.84 bits per heavy atom. The molecule has 0 saturated heterocycles. The Balaban J connectivity index is 2.71. The Morgan fingerprint density at radius 1 is 1.21 bits per heavy atom. The maximum absolute atomic E-state index is 5.74. The molecule has 19 heavy (non-hydrogen) atoms. The highest BCUT2D eigenvalue weighted by atomic mass is 16.5. The second kappa shape index (κ2) is 7.99. The molecule has 0 aliphatic rings. The second-order valence-corrected chi connectivity index (χ2v) is 4.67. The summed E-state index contributed by atoms with van der Waals surface area (Å²) in [6.45, 7) is 7.60. The third kappa shape index (κ3) is 4.09. The molecule has 104 valence electrons. The Morgan fingerprint density at radius 3 is 2.32 bits per heavy atom. The zero-order valence-corrected chi connectivity index (χ0v) is 12.4. The fourth-order valence-electron chi connectivity index (χ4n) is 2.38. The highest BCUT2D eigenvalue weighted by Gasteiger charge is 2.29. The van der Waals surface area contributed by atoms with E-state index < -0.39 is 5.60 Å². The van der Waals surface area contributed by atoms with Gasteiger partial charge in [-0.05, 0) is 38.0 Å². The summed E-state index contributed by atoms with van der Waals surface area (Å²) in [6, 6.07) is 10.1. The van der Waals surface area contributed by atoms with Crippen LogP contribution in [-0.4, -0.2) is 31.6 Å². The lowest BCUT2D eigenvalue weighted by atomic mass is 9.89. The molecule has 0 spiro atoms. The summed E-state index contributed by atoms with van der Waals surface area (Å²) in [5.41, 5.74) is 0.480. The number of terminal acetylenes is 1. The number of benzene rings is 1. The summed E-state index contributed by atoms with van der Waals surface area (Å²) in [5.74, 6) is 2.85. The Kier molecular flexibility index (Phi) is 6.62. The molecule has 0 radical (unpaired) electrons. The van der Waals surface area contributed by atoms with Crippen LogP contribution in [0.5, 0.6) is 0 Å². The molecule has 1 atom stereocenters. The van der Waals surface area contributed by atoms with E-state index in [1.54, 1.807) is 7.11 Å². The van der Waals surface area contributed by atoms with Crippen LogP contribution < -0.4 is 0 Å². The quantitative estimate of drug-likeness (QED) is 0.664. The highest BCUT2D eigenvalue weighted by molar-refractivity contribution is 5.30. The van der Waals surface area contributed by atoms with E-state index in [-0.39, 0.29) is 0 Å². The molecular weight excluding hydrogens is 234 g/mol. The number of hydrogen-bond donors (Lipinski definition) is 0. The van der Waals surface area contributed by atoms with E-state index in [1.807, 2.05) is 30.3 Å². The van der Waals surface area contributed by atoms with Crippen LogP contribution in [0.3, 0.4) is 0 Å². The first-order chi connectivity index (χ1) is 9.22. The van der Waals surface area contributed by atoms with Crippen LogP contribution in [0, 0.1) is 12.3 Å². The van der Waals surface area contributed by atoms with Gasteiger partial charge in [-0.1, -0.05) is 50.1 Å². The third-order valence-corrected chi connectivity index (χ3v) is 3.72. The molecule has 0 unspecified atom stereocenters. The minimum Gasteiger partial charge on any atom is -0.361 e. The van der Waals surface area contributed by atoms with Crippen molar-refractivity contribution in [1.82, 2.24) is 4.90 Å². The predicted molar refractivity (Wildman–Crippen MR) is 81.0 cm³/mol. The van der Waals surface area contributed by atoms with E-state index >= 15 is 0 Å². The average molecular weight is 259 g/mol. The monoisotopic (exact) mass is 259 g/mol. The maximum atomic E-state index is 5.74. The molecule has 0 aliphatic heterocycles. The Labute approximate surface area is 117 Å². The van der Waals surface area contributed by atoms with Crippen molar-refractivity contribution in [2.45, 2.75) is 32.3 Å². The molecule has 0 bridgehead atoms. The topological polar surface area (TPSA) is 12.5 Å². The first-order valence-corrected chi connectivity index (χ1v) is 7.03. The van der Waals surface area contributed by atoms with Crippen molar-refractivity contribution < 1.29 is 4.74 Å². The number of methoxy groups -OCH3 is 1. The summed E-state index contributed by atoms with van der Waals surface area (Å²) in [6.07, 6.45) is 7.63. The number of ether oxygens (including phenoxy) is 1. The van der Waals surface area contributed by atoms with Gasteiger partial charge in [-0.15, -0.1) is 6.42 Å². The van der Waals surface area contributed by atoms with Gasteiger partial charge < -0.3 is 9.64 Å². The molecule has 0 aliphatic carbocycles. The zero-order valence-electron chi connectivity index (χ0n) is 12.4. The molecule has 0 amide bonds. The predicted octanol–water partition coefficient (Wildman–Crippen LogP) is 3.28. The van der Waals surface area contributed by atoms with Crippen LogP contribution in [-0.2, 0) is 10.3 Å². The van der Waals surface area contributed by atoms with E-state index in [4.69, 9.17) is 11.2 Å². The SMILES string of the molecule is C#C[C@](CCCN(CC)CC)(OC)c1ccccc1. The Hall–Kier alpha value is -1.30. The molecule has 0 saturated carbocycles. The second-order valence-electron chi connectivity index (χ2n) is 4.67. The van der Waals surface area contributed by atoms with Crippen molar-refractivity contribution >= 4 is 0 Å². The Bertz CT molecular complexity index is 391. The van der Waals surface area contributed by atoms with Crippen molar-refractivity contribution in [3.63, 3.8) is 0 Å². The summed E-state index contributed by atoms with van der Waals surface area (Å²) in [4.78, 5) is 2.40. The van der Waals surface area contributed by atoms with E-state index in [1.165, 1.54) is 0 Å². The van der Waals surface area contributed by atoms with Crippen molar-refractivity contribution in [2.24, 2.45) is 0 Å². The van der Waals surface area contributed by atoms with Gasteiger partial charge in [0.15, 0.2) is 5.60 Å². The molecule has 0 fully saturated rings. The number of hydrogen-bond acceptors (Lipinski definition) is 2. The summed E-state index contributed by atoms with van der Waals surface area (Å²) in [7, 11) is 1.70. The van der Waals surface area contributed by atoms with E-state index in [9.17, 15) is 0 Å². The van der Waals surface area contributed by atoms with Crippen LogP contribution >= 0.6 is 0 Å². The lowest BCUT2D eigenvalue weighted by molar-refractivity contribution is 0.0267. The largest absolute Gasteiger partial charge is 0.361 e. The van der Waals surface area contributed by atoms with Gasteiger partial charge in [-0.2, -0.15) is 0 Å². The van der Waals surface area contributed by atoms with Gasteiger partial charge in [0.05, 0.1) is 0 Å². The third-order valence-electron chi connectivity index (χ3n) is 3.72. The van der Waals surface area contributed by atoms with Crippen molar-refractivity contribution in [3.8, 4) is 12.3 Å². The number of nitrogens with zero attached hydrogens (tertiary/aromatic N) is 1. The van der Waals surface area contributed by atoms with E-state index in [0.717, 1.165) is 38.0 Å². The molecule has 2 heteroatoms. The van der Waals surface area contributed by atoms with Crippen LogP contribution in [0.1, 0.15) is 32.3 Å². The van der Waals surface area contributed by atoms with Crippen LogP contribution in [0.2, 0.25) is 0 Å². The van der Waals surface area contributed by atoms with Crippen molar-refractivity contribution in [2.75, 3.05) is 26.7 Å². The zero-order chi connectivity index (χ0) is 14.1. The van der Waals surface area contributed by atoms with Crippen molar-refractivity contribution in [1.29, 1.82) is 0 Å². The molecule has 0 aromatic heterocycles. The smallest absolute Gasteiger partial charge is 0.153 e. The molecule has 0 heterocycles. The lowest BCUT2D eigenvalue weighted by Crippen LogP contribution is -2.30. The van der Waals surface area contributed by atoms with Crippen LogP contribution in [0.25, 0.3) is 0 Å². The van der Waals surface area contributed by atoms with Gasteiger partial charge in [0, 0.05) is 7.11 Å². The standard InChI is InChI=1S/C17H25NO/c1-5-17(19-4,16-12-9-8-10-13-16)14-11-15-18(6-2)7-3/h1,8-10,12-13H,6-7,11,14-15H2,2-4H3/t17-/m1/s1. The minimum absolute atomic E-state index is 0.589. The van der Waals surface area contributed by atoms with Gasteiger partial charge in [-0.25, -0.2) is 0 Å². The van der Waals surface area contributed by atoms with Gasteiger partial charge in [0.1, 0.15) is 0 Å². The van der Waals surface area contributed by atoms with Gasteiger partial charge in [0.2, 0.25) is 0 Å². The maximum Gasteiger partial charge on any atom is 0.153 e. The van der Waals surface area contributed by atoms with Crippen molar-refractivity contribution in [3.05, 3.63) is 35.9 Å². The average Bonchev–Trinajstić information content (AvgIpc) is 2.49. The molecule has 0 N–H and O–H groups in total. The molecule has 2 nitrogen and oxygen atoms in total. The van der Waals surface area contributed by atoms with E-state index in [2.05, 4.69) is 24.7 Å². The van der Waals surface area contributed by atoms with Crippen LogP contribution in [0.15, 0.2) is 30.3 Å². The van der Waals surface area contributed by atoms with Crippen LogP contribution in [0.4, 0.5) is 0 Å². The highest BCUT2D eigenvalue weighted by Crippen LogP contribution is 2.29. The van der Waals surface area contributed by atoms with E-state index in [0.29, 0.717) is 0 Å². The normalized spacial score (nSPS) is 14.1. The number of rotatable bonds is 8. The first-order valence-electron chi connectivity index (χ1n) is 7.03.